The van der Waals surface area contributed by atoms with Gasteiger partial charge in [-0.2, -0.15) is 0 Å². The van der Waals surface area contributed by atoms with Crippen LogP contribution in [0.15, 0.2) is 30.3 Å². The third kappa shape index (κ3) is 4.46. The molecular formula is C14H17N. The first-order valence-corrected chi connectivity index (χ1v) is 5.47. The number of benzene rings is 1. The third-order valence-electron chi connectivity index (χ3n) is 2.18. The summed E-state index contributed by atoms with van der Waals surface area (Å²) < 4.78 is 0. The van der Waals surface area contributed by atoms with Crippen molar-refractivity contribution in [2.24, 2.45) is 0 Å². The lowest BCUT2D eigenvalue weighted by atomic mass is 10.1. The average molecular weight is 199 g/mol. The van der Waals surface area contributed by atoms with E-state index in [1.807, 2.05) is 30.3 Å². The Morgan fingerprint density at radius 1 is 1.20 bits per heavy atom. The van der Waals surface area contributed by atoms with Gasteiger partial charge < -0.3 is 0 Å². The lowest BCUT2D eigenvalue weighted by molar-refractivity contribution is 0.737. The molecule has 0 radical (unpaired) electrons. The van der Waals surface area contributed by atoms with E-state index in [4.69, 9.17) is 5.41 Å². The summed E-state index contributed by atoms with van der Waals surface area (Å²) in [5.74, 6) is 5.94. The van der Waals surface area contributed by atoms with Crippen LogP contribution in [0.2, 0.25) is 0 Å². The smallest absolute Gasteiger partial charge is 0.111 e. The molecule has 1 aromatic carbocycles. The molecule has 0 fully saturated rings. The van der Waals surface area contributed by atoms with E-state index < -0.39 is 0 Å². The van der Waals surface area contributed by atoms with Gasteiger partial charge >= 0.3 is 0 Å². The highest BCUT2D eigenvalue weighted by molar-refractivity contribution is 6.10. The average Bonchev–Trinajstić information content (AvgIpc) is 2.30. The molecule has 0 amide bonds. The predicted octanol–water partition coefficient (Wildman–Crippen LogP) is 3.64. The van der Waals surface area contributed by atoms with Crippen LogP contribution in [-0.2, 0) is 0 Å². The Balaban J connectivity index is 2.42. The highest BCUT2D eigenvalue weighted by Gasteiger charge is 1.93. The maximum absolute atomic E-state index is 7.74. The van der Waals surface area contributed by atoms with E-state index in [2.05, 4.69) is 18.8 Å². The van der Waals surface area contributed by atoms with Crippen molar-refractivity contribution in [2.75, 3.05) is 0 Å². The minimum absolute atomic E-state index is 0.423. The lowest BCUT2D eigenvalue weighted by Gasteiger charge is -1.94. The van der Waals surface area contributed by atoms with E-state index in [0.29, 0.717) is 5.71 Å². The van der Waals surface area contributed by atoms with Gasteiger partial charge in [-0.3, -0.25) is 5.41 Å². The Hall–Kier alpha value is -1.55. The molecule has 0 aliphatic carbocycles. The molecule has 1 nitrogen and oxygen atoms in total. The molecule has 1 heteroatoms. The van der Waals surface area contributed by atoms with Crippen LogP contribution < -0.4 is 0 Å². The van der Waals surface area contributed by atoms with Gasteiger partial charge in [0.1, 0.15) is 5.71 Å². The zero-order valence-corrected chi connectivity index (χ0v) is 9.22. The quantitative estimate of drug-likeness (QED) is 0.435. The van der Waals surface area contributed by atoms with E-state index in [9.17, 15) is 0 Å². The van der Waals surface area contributed by atoms with Crippen molar-refractivity contribution >= 4 is 5.71 Å². The molecule has 0 heterocycles. The summed E-state index contributed by atoms with van der Waals surface area (Å²) in [5.41, 5.74) is 1.33. The fraction of sp³-hybridized carbons (Fsp3) is 0.357. The fourth-order valence-corrected chi connectivity index (χ4v) is 1.29. The Kier molecular flexibility index (Phi) is 5.25. The van der Waals surface area contributed by atoms with Crippen molar-refractivity contribution in [3.05, 3.63) is 35.9 Å². The van der Waals surface area contributed by atoms with E-state index in [1.54, 1.807) is 0 Å². The molecule has 0 aliphatic heterocycles. The van der Waals surface area contributed by atoms with Crippen LogP contribution in [0.3, 0.4) is 0 Å². The van der Waals surface area contributed by atoms with Gasteiger partial charge in [0.05, 0.1) is 0 Å². The molecule has 78 valence electrons. The first-order valence-electron chi connectivity index (χ1n) is 5.47. The second-order valence-electron chi connectivity index (χ2n) is 3.50. The molecule has 0 saturated carbocycles. The van der Waals surface area contributed by atoms with Crippen LogP contribution in [-0.4, -0.2) is 5.71 Å². The summed E-state index contributed by atoms with van der Waals surface area (Å²) in [5, 5.41) is 7.74. The summed E-state index contributed by atoms with van der Waals surface area (Å²) in [4.78, 5) is 0. The van der Waals surface area contributed by atoms with Crippen molar-refractivity contribution in [2.45, 2.75) is 32.6 Å². The Bertz CT molecular complexity index is 354. The molecule has 1 N–H and O–H groups in total. The van der Waals surface area contributed by atoms with Gasteiger partial charge in [-0.15, -0.1) is 0 Å². The summed E-state index contributed by atoms with van der Waals surface area (Å²) in [7, 11) is 0. The van der Waals surface area contributed by atoms with Crippen LogP contribution >= 0.6 is 0 Å². The topological polar surface area (TPSA) is 23.9 Å². The monoisotopic (exact) mass is 199 g/mol. The number of unbranched alkanes of at least 4 members (excludes halogenated alkanes) is 3. The Labute approximate surface area is 92.0 Å². The van der Waals surface area contributed by atoms with Crippen LogP contribution in [0.4, 0.5) is 0 Å². The van der Waals surface area contributed by atoms with Crippen molar-refractivity contribution in [1.82, 2.24) is 0 Å². The summed E-state index contributed by atoms with van der Waals surface area (Å²) in [6.07, 6.45) is 4.50. The fourth-order valence-electron chi connectivity index (χ4n) is 1.29. The van der Waals surface area contributed by atoms with Gasteiger partial charge in [0, 0.05) is 12.0 Å². The molecule has 1 rings (SSSR count). The molecular weight excluding hydrogens is 182 g/mol. The van der Waals surface area contributed by atoms with Gasteiger partial charge in [0.2, 0.25) is 0 Å². The second kappa shape index (κ2) is 6.84. The maximum atomic E-state index is 7.74. The molecule has 0 atom stereocenters. The number of rotatable bonds is 4. The van der Waals surface area contributed by atoms with Gasteiger partial charge in [0.25, 0.3) is 0 Å². The van der Waals surface area contributed by atoms with Crippen molar-refractivity contribution in [3.8, 4) is 11.8 Å². The van der Waals surface area contributed by atoms with Crippen LogP contribution in [0.5, 0.6) is 0 Å². The Morgan fingerprint density at radius 2 is 1.93 bits per heavy atom. The van der Waals surface area contributed by atoms with Crippen LogP contribution in [0.1, 0.15) is 38.2 Å². The molecule has 0 saturated heterocycles. The molecule has 15 heavy (non-hydrogen) atoms. The van der Waals surface area contributed by atoms with E-state index in [0.717, 1.165) is 18.4 Å². The molecule has 0 aromatic heterocycles. The molecule has 0 unspecified atom stereocenters. The second-order valence-corrected chi connectivity index (χ2v) is 3.50. The third-order valence-corrected chi connectivity index (χ3v) is 2.18. The lowest BCUT2D eigenvalue weighted by Crippen LogP contribution is -1.93. The maximum Gasteiger partial charge on any atom is 0.111 e. The number of hydrogen-bond acceptors (Lipinski definition) is 1. The van der Waals surface area contributed by atoms with E-state index in [-0.39, 0.29) is 0 Å². The highest BCUT2D eigenvalue weighted by Crippen LogP contribution is 2.00. The van der Waals surface area contributed by atoms with Crippen LogP contribution in [0, 0.1) is 17.3 Å². The largest absolute Gasteiger partial charge is 0.291 e. The standard InChI is InChI=1S/C14H17N/c1-2-3-4-5-9-12-14(15)13-10-7-6-8-11-13/h6-8,10-11,15H,2-5H2,1H3. The van der Waals surface area contributed by atoms with Gasteiger partial charge in [-0.25, -0.2) is 0 Å². The molecule has 0 bridgehead atoms. The van der Waals surface area contributed by atoms with E-state index >= 15 is 0 Å². The molecule has 0 spiro atoms. The summed E-state index contributed by atoms with van der Waals surface area (Å²) in [6, 6.07) is 9.66. The van der Waals surface area contributed by atoms with Gasteiger partial charge in [-0.1, -0.05) is 56.0 Å². The summed E-state index contributed by atoms with van der Waals surface area (Å²) >= 11 is 0. The zero-order chi connectivity index (χ0) is 10.9. The van der Waals surface area contributed by atoms with Gasteiger partial charge in [-0.05, 0) is 12.3 Å². The zero-order valence-electron chi connectivity index (χ0n) is 9.22. The van der Waals surface area contributed by atoms with Crippen molar-refractivity contribution in [3.63, 3.8) is 0 Å². The Morgan fingerprint density at radius 3 is 2.60 bits per heavy atom. The van der Waals surface area contributed by atoms with Crippen molar-refractivity contribution < 1.29 is 0 Å². The first kappa shape index (κ1) is 11.5. The van der Waals surface area contributed by atoms with Crippen molar-refractivity contribution in [1.29, 1.82) is 5.41 Å². The normalized spacial score (nSPS) is 9.13. The van der Waals surface area contributed by atoms with E-state index in [1.165, 1.54) is 12.8 Å². The molecule has 0 aliphatic rings. The minimum Gasteiger partial charge on any atom is -0.291 e. The number of nitrogens with one attached hydrogen (secondary N) is 1. The van der Waals surface area contributed by atoms with Gasteiger partial charge in [0.15, 0.2) is 0 Å². The predicted molar refractivity (Wildman–Crippen MR) is 65.2 cm³/mol. The summed E-state index contributed by atoms with van der Waals surface area (Å²) in [6.45, 7) is 2.18. The molecule has 1 aromatic rings. The SMILES string of the molecule is CCCCCC#CC(=N)c1ccccc1. The van der Waals surface area contributed by atoms with Crippen LogP contribution in [0.25, 0.3) is 0 Å². The number of hydrogen-bond donors (Lipinski definition) is 1. The highest BCUT2D eigenvalue weighted by atomic mass is 14.4. The first-order chi connectivity index (χ1) is 7.34. The minimum atomic E-state index is 0.423.